The lowest BCUT2D eigenvalue weighted by molar-refractivity contribution is 0.393. The van der Waals surface area contributed by atoms with Crippen LogP contribution in [0.2, 0.25) is 0 Å². The maximum atomic E-state index is 4.33. The molecule has 2 aliphatic rings. The molecule has 0 aromatic heterocycles. The van der Waals surface area contributed by atoms with E-state index in [0.29, 0.717) is 4.75 Å². The number of rotatable bonds is 4. The van der Waals surface area contributed by atoms with Gasteiger partial charge >= 0.3 is 0 Å². The second kappa shape index (κ2) is 6.84. The predicted molar refractivity (Wildman–Crippen MR) is 85.1 cm³/mol. The quantitative estimate of drug-likeness (QED) is 0.604. The van der Waals surface area contributed by atoms with Crippen LogP contribution in [-0.4, -0.2) is 61.6 Å². The van der Waals surface area contributed by atoms with Gasteiger partial charge < -0.3 is 15.5 Å². The van der Waals surface area contributed by atoms with Crippen molar-refractivity contribution in [3.63, 3.8) is 0 Å². The molecule has 0 aromatic rings. The number of hydrogen-bond donors (Lipinski definition) is 2. The van der Waals surface area contributed by atoms with E-state index in [0.717, 1.165) is 25.0 Å². The summed E-state index contributed by atoms with van der Waals surface area (Å²) in [5.41, 5.74) is 0. The first kappa shape index (κ1) is 15.0. The number of guanidine groups is 1. The van der Waals surface area contributed by atoms with E-state index < -0.39 is 0 Å². The molecule has 2 fully saturated rings. The van der Waals surface area contributed by atoms with Gasteiger partial charge in [-0.15, -0.1) is 0 Å². The first-order chi connectivity index (χ1) is 9.11. The zero-order valence-corrected chi connectivity index (χ0v) is 13.4. The Kier molecular flexibility index (Phi) is 5.39. The van der Waals surface area contributed by atoms with Crippen LogP contribution >= 0.6 is 11.8 Å². The van der Waals surface area contributed by atoms with Crippen molar-refractivity contribution in [2.45, 2.75) is 30.9 Å². The molecule has 2 heterocycles. The Morgan fingerprint density at radius 2 is 2.32 bits per heavy atom. The second-order valence-electron chi connectivity index (χ2n) is 6.13. The highest BCUT2D eigenvalue weighted by molar-refractivity contribution is 8.00. The maximum Gasteiger partial charge on any atom is 0.191 e. The lowest BCUT2D eigenvalue weighted by Gasteiger charge is -2.24. The molecule has 0 aromatic carbocycles. The van der Waals surface area contributed by atoms with Gasteiger partial charge in [0.1, 0.15) is 0 Å². The van der Waals surface area contributed by atoms with Gasteiger partial charge in [-0.3, -0.25) is 4.99 Å². The molecular formula is C14H28N4S. The fourth-order valence-corrected chi connectivity index (χ4v) is 4.15. The van der Waals surface area contributed by atoms with Crippen molar-refractivity contribution in [1.29, 1.82) is 0 Å². The highest BCUT2D eigenvalue weighted by atomic mass is 32.2. The minimum Gasteiger partial charge on any atom is -0.356 e. The third-order valence-electron chi connectivity index (χ3n) is 4.20. The Hall–Kier alpha value is -0.420. The van der Waals surface area contributed by atoms with Crippen LogP contribution in [0.1, 0.15) is 26.2 Å². The highest BCUT2D eigenvalue weighted by Gasteiger charge is 2.29. The Morgan fingerprint density at radius 1 is 1.47 bits per heavy atom. The molecule has 19 heavy (non-hydrogen) atoms. The first-order valence-electron chi connectivity index (χ1n) is 7.38. The Morgan fingerprint density at radius 3 is 2.89 bits per heavy atom. The van der Waals surface area contributed by atoms with Crippen LogP contribution in [0.3, 0.4) is 0 Å². The normalized spacial score (nSPS) is 32.8. The SMILES string of the molecule is CN=C(NCC1CCN(C)C1)NCC1(C)CCCS1. The number of likely N-dealkylation sites (tertiary alicyclic amines) is 1. The summed E-state index contributed by atoms with van der Waals surface area (Å²) in [5, 5.41) is 6.97. The Bertz CT molecular complexity index is 313. The van der Waals surface area contributed by atoms with Gasteiger partial charge in [0.25, 0.3) is 0 Å². The van der Waals surface area contributed by atoms with Gasteiger partial charge in [-0.2, -0.15) is 11.8 Å². The topological polar surface area (TPSA) is 39.7 Å². The van der Waals surface area contributed by atoms with Gasteiger partial charge in [-0.25, -0.2) is 0 Å². The molecule has 110 valence electrons. The monoisotopic (exact) mass is 284 g/mol. The number of thioether (sulfide) groups is 1. The van der Waals surface area contributed by atoms with Gasteiger partial charge in [0.05, 0.1) is 0 Å². The summed E-state index contributed by atoms with van der Waals surface area (Å²) in [4.78, 5) is 6.73. The molecule has 2 saturated heterocycles. The van der Waals surface area contributed by atoms with E-state index in [4.69, 9.17) is 0 Å². The number of nitrogens with one attached hydrogen (secondary N) is 2. The summed E-state index contributed by atoms with van der Waals surface area (Å²) in [6, 6.07) is 0. The summed E-state index contributed by atoms with van der Waals surface area (Å²) in [6.45, 7) is 6.84. The maximum absolute atomic E-state index is 4.33. The molecule has 0 amide bonds. The van der Waals surface area contributed by atoms with Crippen molar-refractivity contribution in [2.75, 3.05) is 46.0 Å². The molecule has 0 saturated carbocycles. The highest BCUT2D eigenvalue weighted by Crippen LogP contribution is 2.36. The molecule has 5 heteroatoms. The van der Waals surface area contributed by atoms with Gasteiger partial charge in [-0.1, -0.05) is 0 Å². The molecule has 2 N–H and O–H groups in total. The average molecular weight is 284 g/mol. The molecule has 0 bridgehead atoms. The van der Waals surface area contributed by atoms with Crippen LogP contribution in [-0.2, 0) is 0 Å². The Labute approximate surface area is 121 Å². The van der Waals surface area contributed by atoms with Crippen LogP contribution < -0.4 is 10.6 Å². The fraction of sp³-hybridized carbons (Fsp3) is 0.929. The average Bonchev–Trinajstić information content (AvgIpc) is 2.99. The van der Waals surface area contributed by atoms with Gasteiger partial charge in [0.15, 0.2) is 5.96 Å². The van der Waals surface area contributed by atoms with Crippen LogP contribution in [0.25, 0.3) is 0 Å². The van der Waals surface area contributed by atoms with Gasteiger partial charge in [0, 0.05) is 31.4 Å². The summed E-state index contributed by atoms with van der Waals surface area (Å²) in [5.74, 6) is 3.03. The van der Waals surface area contributed by atoms with Crippen molar-refractivity contribution >= 4 is 17.7 Å². The van der Waals surface area contributed by atoms with E-state index in [1.165, 1.54) is 38.1 Å². The number of hydrogen-bond acceptors (Lipinski definition) is 3. The van der Waals surface area contributed by atoms with E-state index in [1.54, 1.807) is 0 Å². The zero-order valence-electron chi connectivity index (χ0n) is 12.5. The molecule has 0 spiro atoms. The third-order valence-corrected chi connectivity index (χ3v) is 5.74. The van der Waals surface area contributed by atoms with Gasteiger partial charge in [0.2, 0.25) is 0 Å². The van der Waals surface area contributed by atoms with E-state index in [1.807, 2.05) is 7.05 Å². The van der Waals surface area contributed by atoms with E-state index in [9.17, 15) is 0 Å². The molecule has 4 nitrogen and oxygen atoms in total. The minimum absolute atomic E-state index is 0.394. The summed E-state index contributed by atoms with van der Waals surface area (Å²) in [6.07, 6.45) is 3.96. The summed E-state index contributed by atoms with van der Waals surface area (Å²) < 4.78 is 0.394. The second-order valence-corrected chi connectivity index (χ2v) is 7.81. The largest absolute Gasteiger partial charge is 0.356 e. The third kappa shape index (κ3) is 4.56. The van der Waals surface area contributed by atoms with Crippen LogP contribution in [0.4, 0.5) is 0 Å². The van der Waals surface area contributed by atoms with Crippen LogP contribution in [0.15, 0.2) is 4.99 Å². The van der Waals surface area contributed by atoms with E-state index in [2.05, 4.69) is 46.3 Å². The minimum atomic E-state index is 0.394. The van der Waals surface area contributed by atoms with E-state index >= 15 is 0 Å². The number of aliphatic imine (C=N–C) groups is 1. The van der Waals surface area contributed by atoms with Crippen molar-refractivity contribution in [3.05, 3.63) is 0 Å². The van der Waals surface area contributed by atoms with Crippen LogP contribution in [0, 0.1) is 5.92 Å². The standard InChI is InChI=1S/C14H28N4S/c1-14(6-4-8-19-14)11-17-13(15-2)16-9-12-5-7-18(3)10-12/h12H,4-11H2,1-3H3,(H2,15,16,17). The molecule has 2 aliphatic heterocycles. The van der Waals surface area contributed by atoms with E-state index in [-0.39, 0.29) is 0 Å². The van der Waals surface area contributed by atoms with Crippen molar-refractivity contribution < 1.29 is 0 Å². The molecule has 0 radical (unpaired) electrons. The Balaban J connectivity index is 1.68. The summed E-state index contributed by atoms with van der Waals surface area (Å²) in [7, 11) is 4.06. The smallest absolute Gasteiger partial charge is 0.191 e. The molecular weight excluding hydrogens is 256 g/mol. The number of nitrogens with zero attached hydrogens (tertiary/aromatic N) is 2. The molecule has 0 aliphatic carbocycles. The first-order valence-corrected chi connectivity index (χ1v) is 8.37. The zero-order chi connectivity index (χ0) is 13.7. The van der Waals surface area contributed by atoms with Crippen molar-refractivity contribution in [1.82, 2.24) is 15.5 Å². The molecule has 2 rings (SSSR count). The lowest BCUT2D eigenvalue weighted by Crippen LogP contribution is -2.45. The van der Waals surface area contributed by atoms with Crippen molar-refractivity contribution in [2.24, 2.45) is 10.9 Å². The molecule has 2 unspecified atom stereocenters. The fourth-order valence-electron chi connectivity index (χ4n) is 2.90. The van der Waals surface area contributed by atoms with Gasteiger partial charge in [-0.05, 0) is 51.4 Å². The lowest BCUT2D eigenvalue weighted by atomic mass is 10.1. The summed E-state index contributed by atoms with van der Waals surface area (Å²) >= 11 is 2.09. The van der Waals surface area contributed by atoms with Crippen LogP contribution in [0.5, 0.6) is 0 Å². The van der Waals surface area contributed by atoms with Crippen molar-refractivity contribution in [3.8, 4) is 0 Å². The molecule has 2 atom stereocenters. The predicted octanol–water partition coefficient (Wildman–Crippen LogP) is 1.39.